The first-order valence-corrected chi connectivity index (χ1v) is 9.41. The highest BCUT2D eigenvalue weighted by Gasteiger charge is 2.23. The number of halogens is 1. The van der Waals surface area contributed by atoms with E-state index in [1.165, 1.54) is 12.1 Å². The molecule has 1 fully saturated rings. The van der Waals surface area contributed by atoms with Gasteiger partial charge >= 0.3 is 0 Å². The molecule has 0 radical (unpaired) electrons. The van der Waals surface area contributed by atoms with Gasteiger partial charge in [-0.2, -0.15) is 4.68 Å². The number of amides is 1. The van der Waals surface area contributed by atoms with Gasteiger partial charge in [-0.15, -0.1) is 5.10 Å². The number of tetrazole rings is 1. The SMILES string of the molecule is O=C(COc1ccccc1F)N1CCN(Cc2nnnn2-c2ccccc2)CC1. The third-order valence-corrected chi connectivity index (χ3v) is 4.81. The van der Waals surface area contributed by atoms with E-state index in [-0.39, 0.29) is 18.3 Å². The van der Waals surface area contributed by atoms with Crippen LogP contribution in [0, 0.1) is 5.82 Å². The maximum Gasteiger partial charge on any atom is 0.260 e. The van der Waals surface area contributed by atoms with Crippen molar-refractivity contribution < 1.29 is 13.9 Å². The summed E-state index contributed by atoms with van der Waals surface area (Å²) in [7, 11) is 0. The molecule has 0 bridgehead atoms. The van der Waals surface area contributed by atoms with Crippen LogP contribution in [0.3, 0.4) is 0 Å². The highest BCUT2D eigenvalue weighted by Crippen LogP contribution is 2.16. The molecule has 3 aromatic rings. The summed E-state index contributed by atoms with van der Waals surface area (Å²) in [5, 5.41) is 12.0. The second-order valence-corrected chi connectivity index (χ2v) is 6.72. The zero-order valence-electron chi connectivity index (χ0n) is 15.8. The van der Waals surface area contributed by atoms with Crippen molar-refractivity contribution in [2.45, 2.75) is 6.54 Å². The molecule has 0 atom stereocenters. The van der Waals surface area contributed by atoms with E-state index in [1.54, 1.807) is 21.7 Å². The number of carbonyl (C=O) groups excluding carboxylic acids is 1. The zero-order valence-corrected chi connectivity index (χ0v) is 15.8. The van der Waals surface area contributed by atoms with Crippen LogP contribution < -0.4 is 4.74 Å². The van der Waals surface area contributed by atoms with Crippen molar-refractivity contribution in [1.29, 1.82) is 0 Å². The molecule has 0 spiro atoms. The molecule has 0 aliphatic carbocycles. The summed E-state index contributed by atoms with van der Waals surface area (Å²) in [6, 6.07) is 15.8. The molecule has 1 aliphatic rings. The fourth-order valence-electron chi connectivity index (χ4n) is 3.22. The Bertz CT molecular complexity index is 956. The number of nitrogens with zero attached hydrogens (tertiary/aromatic N) is 6. The van der Waals surface area contributed by atoms with Crippen LogP contribution >= 0.6 is 0 Å². The fraction of sp³-hybridized carbons (Fsp3) is 0.300. The lowest BCUT2D eigenvalue weighted by atomic mass is 10.3. The molecule has 150 valence electrons. The van der Waals surface area contributed by atoms with Crippen molar-refractivity contribution in [3.63, 3.8) is 0 Å². The minimum absolute atomic E-state index is 0.0900. The molecular formula is C20H21FN6O2. The van der Waals surface area contributed by atoms with E-state index >= 15 is 0 Å². The molecule has 1 amide bonds. The summed E-state index contributed by atoms with van der Waals surface area (Å²) >= 11 is 0. The molecule has 29 heavy (non-hydrogen) atoms. The number of hydrogen-bond acceptors (Lipinski definition) is 6. The fourth-order valence-corrected chi connectivity index (χ4v) is 3.22. The Morgan fingerprint density at radius 1 is 1.00 bits per heavy atom. The number of benzene rings is 2. The van der Waals surface area contributed by atoms with Gasteiger partial charge in [0.25, 0.3) is 5.91 Å². The summed E-state index contributed by atoms with van der Waals surface area (Å²) in [6.07, 6.45) is 0. The van der Waals surface area contributed by atoms with Crippen molar-refractivity contribution in [3.8, 4) is 11.4 Å². The summed E-state index contributed by atoms with van der Waals surface area (Å²) in [6.45, 7) is 2.97. The van der Waals surface area contributed by atoms with E-state index in [1.807, 2.05) is 30.3 Å². The number of piperazine rings is 1. The molecule has 1 aliphatic heterocycles. The van der Waals surface area contributed by atoms with Crippen LogP contribution in [0.15, 0.2) is 54.6 Å². The summed E-state index contributed by atoms with van der Waals surface area (Å²) in [4.78, 5) is 16.3. The monoisotopic (exact) mass is 396 g/mol. The number of hydrogen-bond donors (Lipinski definition) is 0. The largest absolute Gasteiger partial charge is 0.481 e. The normalized spacial score (nSPS) is 14.7. The van der Waals surface area contributed by atoms with Gasteiger partial charge in [-0.3, -0.25) is 9.69 Å². The second-order valence-electron chi connectivity index (χ2n) is 6.72. The molecule has 2 heterocycles. The summed E-state index contributed by atoms with van der Waals surface area (Å²) in [5.74, 6) is 0.217. The van der Waals surface area contributed by atoms with Gasteiger partial charge in [0, 0.05) is 26.2 Å². The smallest absolute Gasteiger partial charge is 0.260 e. The standard InChI is InChI=1S/C20H21FN6O2/c21-17-8-4-5-9-18(17)29-15-20(28)26-12-10-25(11-13-26)14-19-22-23-24-27(19)16-6-2-1-3-7-16/h1-9H,10-15H2. The topological polar surface area (TPSA) is 76.4 Å². The molecule has 1 aromatic heterocycles. The highest BCUT2D eigenvalue weighted by atomic mass is 19.1. The van der Waals surface area contributed by atoms with E-state index < -0.39 is 5.82 Å². The Balaban J connectivity index is 1.28. The van der Waals surface area contributed by atoms with Crippen molar-refractivity contribution in [2.75, 3.05) is 32.8 Å². The minimum Gasteiger partial charge on any atom is -0.481 e. The molecule has 0 saturated carbocycles. The van der Waals surface area contributed by atoms with Crippen LogP contribution in [-0.2, 0) is 11.3 Å². The highest BCUT2D eigenvalue weighted by molar-refractivity contribution is 5.77. The van der Waals surface area contributed by atoms with E-state index in [0.29, 0.717) is 32.7 Å². The second kappa shape index (κ2) is 8.78. The van der Waals surface area contributed by atoms with Crippen LogP contribution in [0.25, 0.3) is 5.69 Å². The molecule has 1 saturated heterocycles. The van der Waals surface area contributed by atoms with Gasteiger partial charge in [0.1, 0.15) is 0 Å². The van der Waals surface area contributed by atoms with Crippen LogP contribution in [0.1, 0.15) is 5.82 Å². The Labute approximate surface area is 167 Å². The molecule has 9 heteroatoms. The molecular weight excluding hydrogens is 375 g/mol. The average molecular weight is 396 g/mol. The van der Waals surface area contributed by atoms with Gasteiger partial charge in [-0.1, -0.05) is 30.3 Å². The number of ether oxygens (including phenoxy) is 1. The zero-order chi connectivity index (χ0) is 20.1. The van der Waals surface area contributed by atoms with Gasteiger partial charge in [-0.25, -0.2) is 4.39 Å². The van der Waals surface area contributed by atoms with Gasteiger partial charge in [0.05, 0.1) is 12.2 Å². The van der Waals surface area contributed by atoms with Crippen molar-refractivity contribution in [2.24, 2.45) is 0 Å². The Kier molecular flexibility index (Phi) is 5.76. The minimum atomic E-state index is -0.471. The maximum absolute atomic E-state index is 13.6. The van der Waals surface area contributed by atoms with E-state index in [4.69, 9.17) is 4.74 Å². The molecule has 0 unspecified atom stereocenters. The lowest BCUT2D eigenvalue weighted by Crippen LogP contribution is -2.49. The molecule has 4 rings (SSSR count). The first-order valence-electron chi connectivity index (χ1n) is 9.41. The van der Waals surface area contributed by atoms with Gasteiger partial charge in [0.15, 0.2) is 24.0 Å². The number of carbonyl (C=O) groups is 1. The van der Waals surface area contributed by atoms with Crippen molar-refractivity contribution >= 4 is 5.91 Å². The van der Waals surface area contributed by atoms with Gasteiger partial charge < -0.3 is 9.64 Å². The maximum atomic E-state index is 13.6. The van der Waals surface area contributed by atoms with E-state index in [0.717, 1.165) is 11.5 Å². The van der Waals surface area contributed by atoms with Gasteiger partial charge in [0.2, 0.25) is 0 Å². The first-order chi connectivity index (χ1) is 14.2. The Morgan fingerprint density at radius 2 is 1.72 bits per heavy atom. The number of aromatic nitrogens is 4. The summed E-state index contributed by atoms with van der Waals surface area (Å²) < 4.78 is 20.6. The van der Waals surface area contributed by atoms with E-state index in [9.17, 15) is 9.18 Å². The number of rotatable bonds is 6. The Hall–Kier alpha value is -3.33. The molecule has 2 aromatic carbocycles. The average Bonchev–Trinajstić information content (AvgIpc) is 3.22. The summed E-state index contributed by atoms with van der Waals surface area (Å²) in [5.41, 5.74) is 0.909. The molecule has 8 nitrogen and oxygen atoms in total. The van der Waals surface area contributed by atoms with Gasteiger partial charge in [-0.05, 0) is 34.7 Å². The van der Waals surface area contributed by atoms with Crippen LogP contribution in [0.4, 0.5) is 4.39 Å². The van der Waals surface area contributed by atoms with E-state index in [2.05, 4.69) is 20.4 Å². The van der Waals surface area contributed by atoms with Crippen molar-refractivity contribution in [3.05, 3.63) is 66.2 Å². The van der Waals surface area contributed by atoms with Crippen LogP contribution in [0.2, 0.25) is 0 Å². The number of para-hydroxylation sites is 2. The van der Waals surface area contributed by atoms with Crippen LogP contribution in [-0.4, -0.2) is 68.7 Å². The third-order valence-electron chi connectivity index (χ3n) is 4.81. The van der Waals surface area contributed by atoms with Crippen molar-refractivity contribution in [1.82, 2.24) is 30.0 Å². The lowest BCUT2D eigenvalue weighted by Gasteiger charge is -2.34. The first kappa shape index (κ1) is 19.0. The van der Waals surface area contributed by atoms with Crippen LogP contribution in [0.5, 0.6) is 5.75 Å². The predicted molar refractivity (Wildman–Crippen MR) is 103 cm³/mol. The lowest BCUT2D eigenvalue weighted by molar-refractivity contribution is -0.135. The Morgan fingerprint density at radius 3 is 2.48 bits per heavy atom. The quantitative estimate of drug-likeness (QED) is 0.629. The third kappa shape index (κ3) is 4.57. The molecule has 0 N–H and O–H groups in total. The predicted octanol–water partition coefficient (Wildman–Crippen LogP) is 1.52.